The molecule has 0 amide bonds. The van der Waals surface area contributed by atoms with Crippen LogP contribution in [0, 0.1) is 6.92 Å². The van der Waals surface area contributed by atoms with Gasteiger partial charge in [-0.15, -0.1) is 0 Å². The fraction of sp³-hybridized carbons (Fsp3) is 0.240. The van der Waals surface area contributed by atoms with E-state index in [-0.39, 0.29) is 5.41 Å². The van der Waals surface area contributed by atoms with E-state index in [1.807, 2.05) is 6.07 Å². The maximum Gasteiger partial charge on any atom is 0.139 e. The SMILES string of the molecule is Cc1cccc2nc(-c3ccc(C(C)(C)C)cc3)c(NCc3ccccc3)n12. The highest BCUT2D eigenvalue weighted by Gasteiger charge is 2.17. The Balaban J connectivity index is 1.78. The summed E-state index contributed by atoms with van der Waals surface area (Å²) in [4.78, 5) is 4.95. The quantitative estimate of drug-likeness (QED) is 0.463. The number of pyridine rings is 1. The summed E-state index contributed by atoms with van der Waals surface area (Å²) in [6.07, 6.45) is 0. The number of hydrogen-bond acceptors (Lipinski definition) is 2. The Morgan fingerprint density at radius 1 is 0.857 bits per heavy atom. The average molecular weight is 370 g/mol. The monoisotopic (exact) mass is 369 g/mol. The average Bonchev–Trinajstić information content (AvgIpc) is 3.06. The molecule has 0 aliphatic heterocycles. The smallest absolute Gasteiger partial charge is 0.139 e. The Morgan fingerprint density at radius 2 is 1.57 bits per heavy atom. The van der Waals surface area contributed by atoms with Crippen LogP contribution < -0.4 is 5.32 Å². The fourth-order valence-corrected chi connectivity index (χ4v) is 3.53. The van der Waals surface area contributed by atoms with Gasteiger partial charge in [-0.05, 0) is 35.6 Å². The zero-order valence-corrected chi connectivity index (χ0v) is 17.0. The Bertz CT molecular complexity index is 1080. The van der Waals surface area contributed by atoms with Gasteiger partial charge < -0.3 is 5.32 Å². The summed E-state index contributed by atoms with van der Waals surface area (Å²) in [5.74, 6) is 1.04. The third kappa shape index (κ3) is 3.53. The van der Waals surface area contributed by atoms with Crippen molar-refractivity contribution in [2.75, 3.05) is 5.32 Å². The lowest BCUT2D eigenvalue weighted by atomic mass is 9.86. The molecular weight excluding hydrogens is 342 g/mol. The number of nitrogens with zero attached hydrogens (tertiary/aromatic N) is 2. The van der Waals surface area contributed by atoms with Gasteiger partial charge in [-0.2, -0.15) is 0 Å². The number of anilines is 1. The molecule has 0 fully saturated rings. The van der Waals surface area contributed by atoms with Gasteiger partial charge >= 0.3 is 0 Å². The Labute approximate surface area is 167 Å². The van der Waals surface area contributed by atoms with Crippen LogP contribution in [0.1, 0.15) is 37.6 Å². The second kappa shape index (κ2) is 7.16. The summed E-state index contributed by atoms with van der Waals surface area (Å²) in [6.45, 7) is 9.60. The number of imidazole rings is 1. The number of nitrogens with one attached hydrogen (secondary N) is 1. The highest BCUT2D eigenvalue weighted by molar-refractivity contribution is 5.77. The van der Waals surface area contributed by atoms with E-state index in [0.29, 0.717) is 0 Å². The summed E-state index contributed by atoms with van der Waals surface area (Å²) < 4.78 is 2.20. The minimum absolute atomic E-state index is 0.141. The van der Waals surface area contributed by atoms with E-state index in [2.05, 4.69) is 104 Å². The molecule has 0 atom stereocenters. The summed E-state index contributed by atoms with van der Waals surface area (Å²) in [7, 11) is 0. The van der Waals surface area contributed by atoms with Gasteiger partial charge in [-0.3, -0.25) is 4.40 Å². The molecule has 3 heteroatoms. The molecule has 4 aromatic rings. The van der Waals surface area contributed by atoms with Gasteiger partial charge in [0, 0.05) is 17.8 Å². The highest BCUT2D eigenvalue weighted by Crippen LogP contribution is 2.32. The standard InChI is InChI=1S/C25H27N3/c1-18-9-8-12-22-27-23(20-13-15-21(16-14-20)25(2,3)4)24(28(18)22)26-17-19-10-6-5-7-11-19/h5-16,26H,17H2,1-4H3. The van der Waals surface area contributed by atoms with E-state index in [4.69, 9.17) is 4.98 Å². The first-order chi connectivity index (χ1) is 13.4. The van der Waals surface area contributed by atoms with Crippen molar-refractivity contribution in [3.63, 3.8) is 0 Å². The third-order valence-electron chi connectivity index (χ3n) is 5.17. The van der Waals surface area contributed by atoms with E-state index in [1.165, 1.54) is 11.1 Å². The molecule has 28 heavy (non-hydrogen) atoms. The second-order valence-corrected chi connectivity index (χ2v) is 8.34. The number of aryl methyl sites for hydroxylation is 1. The van der Waals surface area contributed by atoms with Gasteiger partial charge in [0.05, 0.1) is 0 Å². The predicted molar refractivity (Wildman–Crippen MR) is 118 cm³/mol. The largest absolute Gasteiger partial charge is 0.365 e. The van der Waals surface area contributed by atoms with E-state index in [0.717, 1.165) is 35.0 Å². The van der Waals surface area contributed by atoms with Crippen molar-refractivity contribution >= 4 is 11.5 Å². The molecule has 0 saturated carbocycles. The van der Waals surface area contributed by atoms with E-state index < -0.39 is 0 Å². The highest BCUT2D eigenvalue weighted by atomic mass is 15.1. The summed E-state index contributed by atoms with van der Waals surface area (Å²) >= 11 is 0. The normalized spacial score (nSPS) is 11.7. The lowest BCUT2D eigenvalue weighted by Gasteiger charge is -2.19. The minimum atomic E-state index is 0.141. The van der Waals surface area contributed by atoms with Crippen molar-refractivity contribution in [2.24, 2.45) is 0 Å². The van der Waals surface area contributed by atoms with Crippen molar-refractivity contribution in [1.82, 2.24) is 9.38 Å². The van der Waals surface area contributed by atoms with Crippen molar-refractivity contribution < 1.29 is 0 Å². The minimum Gasteiger partial charge on any atom is -0.365 e. The van der Waals surface area contributed by atoms with Gasteiger partial charge in [0.25, 0.3) is 0 Å². The zero-order valence-electron chi connectivity index (χ0n) is 17.0. The number of rotatable bonds is 4. The molecule has 2 heterocycles. The predicted octanol–water partition coefficient (Wildman–Crippen LogP) is 6.22. The summed E-state index contributed by atoms with van der Waals surface area (Å²) in [6, 6.07) is 25.5. The van der Waals surface area contributed by atoms with Crippen LogP contribution in [0.25, 0.3) is 16.9 Å². The van der Waals surface area contributed by atoms with Crippen molar-refractivity contribution in [1.29, 1.82) is 0 Å². The molecule has 4 rings (SSSR count). The van der Waals surface area contributed by atoms with Crippen LogP contribution in [0.2, 0.25) is 0 Å². The molecule has 142 valence electrons. The maximum absolute atomic E-state index is 4.95. The van der Waals surface area contributed by atoms with Crippen LogP contribution in [-0.2, 0) is 12.0 Å². The summed E-state index contributed by atoms with van der Waals surface area (Å²) in [5, 5.41) is 3.64. The molecular formula is C25H27N3. The first-order valence-electron chi connectivity index (χ1n) is 9.80. The van der Waals surface area contributed by atoms with Gasteiger partial charge in [-0.25, -0.2) is 4.98 Å². The van der Waals surface area contributed by atoms with Gasteiger partial charge in [0.15, 0.2) is 0 Å². The molecule has 0 spiro atoms. The molecule has 2 aromatic heterocycles. The van der Waals surface area contributed by atoms with Crippen LogP contribution in [0.4, 0.5) is 5.82 Å². The first kappa shape index (κ1) is 18.3. The van der Waals surface area contributed by atoms with E-state index in [1.54, 1.807) is 0 Å². The van der Waals surface area contributed by atoms with Crippen LogP contribution >= 0.6 is 0 Å². The van der Waals surface area contributed by atoms with E-state index >= 15 is 0 Å². The Hall–Kier alpha value is -3.07. The molecule has 3 nitrogen and oxygen atoms in total. The van der Waals surface area contributed by atoms with Gasteiger partial charge in [0.1, 0.15) is 17.2 Å². The Morgan fingerprint density at radius 3 is 2.25 bits per heavy atom. The van der Waals surface area contributed by atoms with Crippen molar-refractivity contribution in [2.45, 2.75) is 39.7 Å². The van der Waals surface area contributed by atoms with Crippen LogP contribution in [0.15, 0.2) is 72.8 Å². The third-order valence-corrected chi connectivity index (χ3v) is 5.17. The van der Waals surface area contributed by atoms with Crippen molar-refractivity contribution in [3.05, 3.63) is 89.6 Å². The number of hydrogen-bond donors (Lipinski definition) is 1. The molecule has 0 saturated heterocycles. The molecule has 1 N–H and O–H groups in total. The lowest BCUT2D eigenvalue weighted by Crippen LogP contribution is -2.10. The molecule has 0 radical (unpaired) electrons. The van der Waals surface area contributed by atoms with Crippen molar-refractivity contribution in [3.8, 4) is 11.3 Å². The van der Waals surface area contributed by atoms with Crippen LogP contribution in [0.5, 0.6) is 0 Å². The fourth-order valence-electron chi connectivity index (χ4n) is 3.53. The number of aromatic nitrogens is 2. The topological polar surface area (TPSA) is 29.3 Å². The lowest BCUT2D eigenvalue weighted by molar-refractivity contribution is 0.590. The zero-order chi connectivity index (χ0) is 19.7. The molecule has 0 aliphatic carbocycles. The molecule has 0 aliphatic rings. The maximum atomic E-state index is 4.95. The Kier molecular flexibility index (Phi) is 4.68. The second-order valence-electron chi connectivity index (χ2n) is 8.34. The van der Waals surface area contributed by atoms with Gasteiger partial charge in [0.2, 0.25) is 0 Å². The molecule has 0 unspecified atom stereocenters. The van der Waals surface area contributed by atoms with Crippen LogP contribution in [-0.4, -0.2) is 9.38 Å². The van der Waals surface area contributed by atoms with Gasteiger partial charge in [-0.1, -0.05) is 81.4 Å². The summed E-state index contributed by atoms with van der Waals surface area (Å²) in [5.41, 5.74) is 6.97. The van der Waals surface area contributed by atoms with Crippen LogP contribution in [0.3, 0.4) is 0 Å². The molecule has 0 bridgehead atoms. The van der Waals surface area contributed by atoms with E-state index in [9.17, 15) is 0 Å². The number of benzene rings is 2. The number of fused-ring (bicyclic) bond motifs is 1. The molecule has 2 aromatic carbocycles. The first-order valence-corrected chi connectivity index (χ1v) is 9.80.